The summed E-state index contributed by atoms with van der Waals surface area (Å²) in [6, 6.07) is 0.275. The Morgan fingerprint density at radius 1 is 1.28 bits per heavy atom. The molecule has 0 saturated carbocycles. The number of aromatic nitrogens is 3. The highest BCUT2D eigenvalue weighted by atomic mass is 16.5. The van der Waals surface area contributed by atoms with Gasteiger partial charge in [0.15, 0.2) is 0 Å². The number of nitrogens with one attached hydrogen (secondary N) is 1. The van der Waals surface area contributed by atoms with E-state index in [2.05, 4.69) is 20.3 Å². The van der Waals surface area contributed by atoms with Crippen molar-refractivity contribution in [2.75, 3.05) is 30.9 Å². The molecule has 1 heterocycles. The standard InChI is InChI=1S/C11H21N5O2/c1-7(2)18-11-14-9(12-4)13-10(15-11)16(5)6-8(3)17/h7-8,17H,6H2,1-5H3,(H,12,13,14,15). The van der Waals surface area contributed by atoms with E-state index in [4.69, 9.17) is 4.74 Å². The lowest BCUT2D eigenvalue weighted by Gasteiger charge is -2.19. The third-order valence-corrected chi connectivity index (χ3v) is 2.05. The Labute approximate surface area is 107 Å². The van der Waals surface area contributed by atoms with Gasteiger partial charge in [-0.05, 0) is 20.8 Å². The molecule has 0 aliphatic heterocycles. The van der Waals surface area contributed by atoms with Crippen LogP contribution in [0.15, 0.2) is 0 Å². The van der Waals surface area contributed by atoms with E-state index < -0.39 is 6.10 Å². The average Bonchev–Trinajstić information content (AvgIpc) is 2.26. The van der Waals surface area contributed by atoms with Crippen LogP contribution in [0, 0.1) is 0 Å². The first kappa shape index (κ1) is 14.4. The normalized spacial score (nSPS) is 12.4. The van der Waals surface area contributed by atoms with Gasteiger partial charge in [-0.15, -0.1) is 0 Å². The van der Waals surface area contributed by atoms with Gasteiger partial charge in [0.1, 0.15) is 0 Å². The van der Waals surface area contributed by atoms with E-state index >= 15 is 0 Å². The lowest BCUT2D eigenvalue weighted by Crippen LogP contribution is -2.29. The monoisotopic (exact) mass is 255 g/mol. The van der Waals surface area contributed by atoms with Crippen LogP contribution in [0.25, 0.3) is 0 Å². The van der Waals surface area contributed by atoms with Gasteiger partial charge in [-0.25, -0.2) is 0 Å². The van der Waals surface area contributed by atoms with Crippen molar-refractivity contribution in [2.45, 2.75) is 33.0 Å². The molecule has 0 aromatic carbocycles. The van der Waals surface area contributed by atoms with Gasteiger partial charge in [0.05, 0.1) is 12.2 Å². The topological polar surface area (TPSA) is 83.4 Å². The number of ether oxygens (including phenoxy) is 1. The molecule has 2 N–H and O–H groups in total. The maximum atomic E-state index is 9.37. The van der Waals surface area contributed by atoms with Crippen LogP contribution in [0.3, 0.4) is 0 Å². The van der Waals surface area contributed by atoms with Crippen LogP contribution in [0.1, 0.15) is 20.8 Å². The highest BCUT2D eigenvalue weighted by Crippen LogP contribution is 2.14. The first-order chi connectivity index (χ1) is 8.42. The summed E-state index contributed by atoms with van der Waals surface area (Å²) in [6.07, 6.45) is -0.466. The molecule has 1 unspecified atom stereocenters. The van der Waals surface area contributed by atoms with Crippen LogP contribution in [-0.2, 0) is 0 Å². The fourth-order valence-corrected chi connectivity index (χ4v) is 1.37. The fraction of sp³-hybridized carbons (Fsp3) is 0.727. The lowest BCUT2D eigenvalue weighted by molar-refractivity contribution is 0.200. The van der Waals surface area contributed by atoms with Crippen molar-refractivity contribution in [1.82, 2.24) is 15.0 Å². The fourth-order valence-electron chi connectivity index (χ4n) is 1.37. The number of nitrogens with zero attached hydrogens (tertiary/aromatic N) is 4. The zero-order valence-corrected chi connectivity index (χ0v) is 11.5. The minimum atomic E-state index is -0.459. The zero-order valence-electron chi connectivity index (χ0n) is 11.5. The number of aliphatic hydroxyl groups excluding tert-OH is 1. The smallest absolute Gasteiger partial charge is 0.323 e. The molecule has 1 atom stereocenters. The molecule has 18 heavy (non-hydrogen) atoms. The number of likely N-dealkylation sites (N-methyl/N-ethyl adjacent to an activating group) is 1. The van der Waals surface area contributed by atoms with Crippen molar-refractivity contribution in [2.24, 2.45) is 0 Å². The van der Waals surface area contributed by atoms with E-state index in [1.165, 1.54) is 0 Å². The Kier molecular flexibility index (Phi) is 5.08. The Bertz CT molecular complexity index is 384. The molecule has 0 radical (unpaired) electrons. The third-order valence-electron chi connectivity index (χ3n) is 2.05. The van der Waals surface area contributed by atoms with E-state index in [0.717, 1.165) is 0 Å². The number of rotatable bonds is 6. The van der Waals surface area contributed by atoms with Crippen LogP contribution in [0.5, 0.6) is 6.01 Å². The number of hydrogen-bond acceptors (Lipinski definition) is 7. The van der Waals surface area contributed by atoms with E-state index in [-0.39, 0.29) is 12.1 Å². The van der Waals surface area contributed by atoms with Gasteiger partial charge in [-0.3, -0.25) is 0 Å². The molecular formula is C11H21N5O2. The quantitative estimate of drug-likeness (QED) is 0.766. The Morgan fingerprint density at radius 2 is 1.94 bits per heavy atom. The minimum absolute atomic E-state index is 0.00738. The Morgan fingerprint density at radius 3 is 2.44 bits per heavy atom. The predicted octanol–water partition coefficient (Wildman–Crippen LogP) is 0.517. The van der Waals surface area contributed by atoms with Crippen molar-refractivity contribution in [3.05, 3.63) is 0 Å². The molecule has 0 amide bonds. The summed E-state index contributed by atoms with van der Waals surface area (Å²) in [4.78, 5) is 14.3. The van der Waals surface area contributed by atoms with Crippen molar-refractivity contribution in [3.8, 4) is 6.01 Å². The third kappa shape index (κ3) is 4.33. The van der Waals surface area contributed by atoms with E-state index in [0.29, 0.717) is 18.4 Å². The van der Waals surface area contributed by atoms with Crippen LogP contribution < -0.4 is 15.0 Å². The van der Waals surface area contributed by atoms with Gasteiger partial charge in [0.2, 0.25) is 11.9 Å². The van der Waals surface area contributed by atoms with E-state index in [1.807, 2.05) is 13.8 Å². The van der Waals surface area contributed by atoms with Crippen molar-refractivity contribution < 1.29 is 9.84 Å². The summed E-state index contributed by atoms with van der Waals surface area (Å²) in [7, 11) is 3.54. The van der Waals surface area contributed by atoms with Crippen LogP contribution in [0.4, 0.5) is 11.9 Å². The first-order valence-electron chi connectivity index (χ1n) is 5.92. The van der Waals surface area contributed by atoms with E-state index in [1.54, 1.807) is 25.9 Å². The van der Waals surface area contributed by atoms with E-state index in [9.17, 15) is 5.11 Å². The molecule has 0 fully saturated rings. The summed E-state index contributed by atoms with van der Waals surface area (Å²) < 4.78 is 5.46. The second-order valence-electron chi connectivity index (χ2n) is 4.39. The molecule has 1 aromatic heterocycles. The summed E-state index contributed by atoms with van der Waals surface area (Å²) in [6.45, 7) is 5.96. The molecule has 7 nitrogen and oxygen atoms in total. The molecule has 0 spiro atoms. The molecule has 0 aliphatic rings. The SMILES string of the molecule is CNc1nc(OC(C)C)nc(N(C)CC(C)O)n1. The summed E-state index contributed by atoms with van der Waals surface area (Å²) in [5.41, 5.74) is 0. The van der Waals surface area contributed by atoms with Crippen molar-refractivity contribution in [3.63, 3.8) is 0 Å². The van der Waals surface area contributed by atoms with Gasteiger partial charge in [-0.2, -0.15) is 15.0 Å². The van der Waals surface area contributed by atoms with Gasteiger partial charge in [-0.1, -0.05) is 0 Å². The second kappa shape index (κ2) is 6.34. The molecule has 102 valence electrons. The lowest BCUT2D eigenvalue weighted by atomic mass is 10.4. The molecular weight excluding hydrogens is 234 g/mol. The largest absolute Gasteiger partial charge is 0.461 e. The first-order valence-corrected chi connectivity index (χ1v) is 5.92. The zero-order chi connectivity index (χ0) is 13.7. The molecule has 0 saturated heterocycles. The molecule has 1 aromatic rings. The Hall–Kier alpha value is -1.63. The summed E-state index contributed by atoms with van der Waals surface area (Å²) in [5.74, 6) is 0.902. The van der Waals surface area contributed by atoms with Crippen molar-refractivity contribution in [1.29, 1.82) is 0 Å². The van der Waals surface area contributed by atoms with Gasteiger partial charge < -0.3 is 20.1 Å². The van der Waals surface area contributed by atoms with Gasteiger partial charge in [0.25, 0.3) is 0 Å². The summed E-state index contributed by atoms with van der Waals surface area (Å²) in [5, 5.41) is 12.2. The highest BCUT2D eigenvalue weighted by molar-refractivity contribution is 5.37. The number of anilines is 2. The molecule has 0 bridgehead atoms. The summed E-state index contributed by atoms with van der Waals surface area (Å²) >= 11 is 0. The molecule has 7 heteroatoms. The van der Waals surface area contributed by atoms with Gasteiger partial charge >= 0.3 is 6.01 Å². The van der Waals surface area contributed by atoms with Gasteiger partial charge in [0, 0.05) is 20.6 Å². The minimum Gasteiger partial charge on any atom is -0.461 e. The highest BCUT2D eigenvalue weighted by Gasteiger charge is 2.12. The maximum Gasteiger partial charge on any atom is 0.323 e. The second-order valence-corrected chi connectivity index (χ2v) is 4.39. The number of hydrogen-bond donors (Lipinski definition) is 2. The van der Waals surface area contributed by atoms with Crippen LogP contribution in [0.2, 0.25) is 0 Å². The molecule has 1 rings (SSSR count). The van der Waals surface area contributed by atoms with Crippen molar-refractivity contribution >= 4 is 11.9 Å². The maximum absolute atomic E-state index is 9.37. The molecule has 0 aliphatic carbocycles. The predicted molar refractivity (Wildman–Crippen MR) is 70.1 cm³/mol. The average molecular weight is 255 g/mol. The Balaban J connectivity index is 2.95. The van der Waals surface area contributed by atoms with Crippen LogP contribution in [-0.4, -0.2) is 52.9 Å². The number of aliphatic hydroxyl groups is 1. The van der Waals surface area contributed by atoms with Crippen LogP contribution >= 0.6 is 0 Å².